The van der Waals surface area contributed by atoms with Crippen LogP contribution in [0.15, 0.2) is 36.4 Å². The van der Waals surface area contributed by atoms with Gasteiger partial charge < -0.3 is 14.6 Å². The summed E-state index contributed by atoms with van der Waals surface area (Å²) in [5.74, 6) is -1.81. The number of carbonyl (C=O) groups is 2. The summed E-state index contributed by atoms with van der Waals surface area (Å²) < 4.78 is 16.3. The summed E-state index contributed by atoms with van der Waals surface area (Å²) in [7, 11) is 0. The molecule has 6 heteroatoms. The van der Waals surface area contributed by atoms with Crippen LogP contribution >= 0.6 is 0 Å². The molecule has 2 heterocycles. The molecule has 5 nitrogen and oxygen atoms in total. The Bertz CT molecular complexity index is 816. The number of benzene rings is 1. The number of rotatable bonds is 4. The van der Waals surface area contributed by atoms with E-state index < -0.39 is 18.2 Å². The minimum absolute atomic E-state index is 0.115. The Labute approximate surface area is 145 Å². The van der Waals surface area contributed by atoms with Crippen molar-refractivity contribution in [2.45, 2.75) is 32.5 Å². The number of aliphatic carboxylic acids is 1. The van der Waals surface area contributed by atoms with Crippen LogP contribution in [0.25, 0.3) is 0 Å². The van der Waals surface area contributed by atoms with Gasteiger partial charge in [-0.1, -0.05) is 30.3 Å². The van der Waals surface area contributed by atoms with Crippen molar-refractivity contribution in [2.24, 2.45) is 0 Å². The summed E-state index contributed by atoms with van der Waals surface area (Å²) in [6, 6.07) is 11.7. The van der Waals surface area contributed by atoms with E-state index >= 15 is 0 Å². The highest BCUT2D eigenvalue weighted by molar-refractivity contribution is 5.96. The molecule has 0 aliphatic carbocycles. The third-order valence-electron chi connectivity index (χ3n) is 4.88. The van der Waals surface area contributed by atoms with Gasteiger partial charge in [0.1, 0.15) is 0 Å². The number of alkyl halides is 1. The number of carbonyl (C=O) groups excluding carboxylic acids is 1. The van der Waals surface area contributed by atoms with Crippen LogP contribution in [0.3, 0.4) is 0 Å². The molecule has 25 heavy (non-hydrogen) atoms. The molecular formula is C19H21FN2O3. The highest BCUT2D eigenvalue weighted by Gasteiger charge is 2.47. The fourth-order valence-corrected chi connectivity index (χ4v) is 3.32. The van der Waals surface area contributed by atoms with Gasteiger partial charge in [-0.2, -0.15) is 0 Å². The highest BCUT2D eigenvalue weighted by atomic mass is 19.1. The number of aryl methyl sites for hydroxylation is 1. The van der Waals surface area contributed by atoms with Gasteiger partial charge in [0.15, 0.2) is 0 Å². The average molecular weight is 344 g/mol. The van der Waals surface area contributed by atoms with E-state index in [1.54, 1.807) is 6.07 Å². The Morgan fingerprint density at radius 2 is 1.92 bits per heavy atom. The van der Waals surface area contributed by atoms with Crippen LogP contribution in [0.2, 0.25) is 0 Å². The first-order valence-electron chi connectivity index (χ1n) is 8.24. The fourth-order valence-electron chi connectivity index (χ4n) is 3.32. The third kappa shape index (κ3) is 3.16. The number of hydrogen-bond acceptors (Lipinski definition) is 2. The number of nitrogens with zero attached hydrogens (tertiary/aromatic N) is 2. The predicted octanol–water partition coefficient (Wildman–Crippen LogP) is 2.79. The van der Waals surface area contributed by atoms with Crippen LogP contribution in [-0.2, 0) is 11.3 Å². The highest BCUT2D eigenvalue weighted by Crippen LogP contribution is 2.28. The van der Waals surface area contributed by atoms with Gasteiger partial charge in [-0.05, 0) is 25.5 Å². The van der Waals surface area contributed by atoms with Crippen LogP contribution in [0.1, 0.15) is 33.7 Å². The first-order chi connectivity index (χ1) is 11.8. The molecule has 1 unspecified atom stereocenters. The lowest BCUT2D eigenvalue weighted by Gasteiger charge is -2.18. The van der Waals surface area contributed by atoms with Crippen LogP contribution in [0, 0.1) is 13.8 Å². The third-order valence-corrected chi connectivity index (χ3v) is 4.88. The van der Waals surface area contributed by atoms with Crippen LogP contribution in [-0.4, -0.2) is 45.2 Å². The lowest BCUT2D eigenvalue weighted by Crippen LogP contribution is -2.39. The van der Waals surface area contributed by atoms with Gasteiger partial charge in [0.25, 0.3) is 5.91 Å². The summed E-state index contributed by atoms with van der Waals surface area (Å²) in [4.78, 5) is 25.1. The zero-order valence-electron chi connectivity index (χ0n) is 14.3. The number of likely N-dealkylation sites (tertiary alicyclic amines) is 1. The van der Waals surface area contributed by atoms with Crippen molar-refractivity contribution >= 4 is 11.9 Å². The van der Waals surface area contributed by atoms with Crippen molar-refractivity contribution in [1.82, 2.24) is 9.47 Å². The van der Waals surface area contributed by atoms with Crippen LogP contribution < -0.4 is 0 Å². The molecular weight excluding hydrogens is 323 g/mol. The number of hydrogen-bond donors (Lipinski definition) is 1. The van der Waals surface area contributed by atoms with Gasteiger partial charge in [0, 0.05) is 30.9 Å². The van der Waals surface area contributed by atoms with E-state index in [1.165, 1.54) is 4.90 Å². The minimum atomic E-state index is -2.34. The van der Waals surface area contributed by atoms with Gasteiger partial charge in [-0.15, -0.1) is 0 Å². The second kappa shape index (κ2) is 6.35. The normalized spacial score (nSPS) is 20.0. The standard InChI is InChI=1S/C19H21FN2O3/c1-13-10-16(14(2)22(13)11-15-6-4-3-5-7-15)17(23)21-9-8-19(20,12-21)18(24)25/h3-7,10H,8-9,11-12H2,1-2H3,(H,24,25). The number of amides is 1. The minimum Gasteiger partial charge on any atom is -0.479 e. The lowest BCUT2D eigenvalue weighted by atomic mass is 10.1. The molecule has 1 saturated heterocycles. The largest absolute Gasteiger partial charge is 0.479 e. The van der Waals surface area contributed by atoms with Gasteiger partial charge in [-0.25, -0.2) is 9.18 Å². The quantitative estimate of drug-likeness (QED) is 0.928. The van der Waals surface area contributed by atoms with E-state index in [-0.39, 0.29) is 18.9 Å². The molecule has 2 aromatic rings. The summed E-state index contributed by atoms with van der Waals surface area (Å²) in [5, 5.41) is 8.99. The number of aromatic nitrogens is 1. The maximum absolute atomic E-state index is 14.2. The van der Waals surface area contributed by atoms with Gasteiger partial charge >= 0.3 is 5.97 Å². The molecule has 1 aromatic heterocycles. The number of halogens is 1. The summed E-state index contributed by atoms with van der Waals surface area (Å²) in [5.41, 5.74) is 1.03. The smallest absolute Gasteiger partial charge is 0.343 e. The first kappa shape index (κ1) is 17.2. The van der Waals surface area contributed by atoms with E-state index in [4.69, 9.17) is 5.11 Å². The Kier molecular flexibility index (Phi) is 4.37. The Morgan fingerprint density at radius 1 is 1.24 bits per heavy atom. The van der Waals surface area contributed by atoms with Crippen LogP contribution in [0.5, 0.6) is 0 Å². The zero-order chi connectivity index (χ0) is 18.2. The van der Waals surface area contributed by atoms with E-state index in [2.05, 4.69) is 0 Å². The van der Waals surface area contributed by atoms with E-state index in [0.29, 0.717) is 12.1 Å². The second-order valence-corrected chi connectivity index (χ2v) is 6.60. The molecule has 0 saturated carbocycles. The van der Waals surface area contributed by atoms with Gasteiger partial charge in [0.2, 0.25) is 5.67 Å². The first-order valence-corrected chi connectivity index (χ1v) is 8.24. The monoisotopic (exact) mass is 344 g/mol. The van der Waals surface area contributed by atoms with Crippen LogP contribution in [0.4, 0.5) is 4.39 Å². The second-order valence-electron chi connectivity index (χ2n) is 6.60. The molecule has 1 N–H and O–H groups in total. The Morgan fingerprint density at radius 3 is 2.52 bits per heavy atom. The lowest BCUT2D eigenvalue weighted by molar-refractivity contribution is -0.149. The molecule has 1 aliphatic rings. The predicted molar refractivity (Wildman–Crippen MR) is 91.4 cm³/mol. The van der Waals surface area contributed by atoms with Crippen molar-refractivity contribution in [3.8, 4) is 0 Å². The Balaban J connectivity index is 1.83. The van der Waals surface area contributed by atoms with Gasteiger partial charge in [-0.3, -0.25) is 4.79 Å². The van der Waals surface area contributed by atoms with E-state index in [9.17, 15) is 14.0 Å². The fraction of sp³-hybridized carbons (Fsp3) is 0.368. The molecule has 1 aromatic carbocycles. The molecule has 1 amide bonds. The SMILES string of the molecule is Cc1cc(C(=O)N2CCC(F)(C(=O)O)C2)c(C)n1Cc1ccccc1. The maximum atomic E-state index is 14.2. The van der Waals surface area contributed by atoms with E-state index in [1.807, 2.05) is 48.7 Å². The summed E-state index contributed by atoms with van der Waals surface area (Å²) in [6.07, 6.45) is -0.170. The summed E-state index contributed by atoms with van der Waals surface area (Å²) in [6.45, 7) is 4.15. The molecule has 1 aliphatic heterocycles. The topological polar surface area (TPSA) is 62.5 Å². The van der Waals surface area contributed by atoms with Crippen molar-refractivity contribution in [2.75, 3.05) is 13.1 Å². The molecule has 132 valence electrons. The van der Waals surface area contributed by atoms with E-state index in [0.717, 1.165) is 17.0 Å². The molecule has 0 radical (unpaired) electrons. The number of carboxylic acid groups (broad SMARTS) is 1. The zero-order valence-corrected chi connectivity index (χ0v) is 14.3. The number of carboxylic acids is 1. The molecule has 0 spiro atoms. The van der Waals surface area contributed by atoms with Crippen molar-refractivity contribution in [3.05, 3.63) is 58.9 Å². The van der Waals surface area contributed by atoms with Gasteiger partial charge in [0.05, 0.1) is 12.1 Å². The van der Waals surface area contributed by atoms with Crippen molar-refractivity contribution in [1.29, 1.82) is 0 Å². The summed E-state index contributed by atoms with van der Waals surface area (Å²) >= 11 is 0. The average Bonchev–Trinajstić information content (AvgIpc) is 3.12. The van der Waals surface area contributed by atoms with Crippen molar-refractivity contribution in [3.63, 3.8) is 0 Å². The molecule has 0 bridgehead atoms. The maximum Gasteiger partial charge on any atom is 0.343 e. The van der Waals surface area contributed by atoms with Crippen molar-refractivity contribution < 1.29 is 19.1 Å². The molecule has 3 rings (SSSR count). The Hall–Kier alpha value is -2.63. The molecule has 1 atom stereocenters. The molecule has 1 fully saturated rings.